The molecule has 0 spiro atoms. The number of methoxy groups -OCH3 is 1. The van der Waals surface area contributed by atoms with Gasteiger partial charge in [-0.1, -0.05) is 6.07 Å². The van der Waals surface area contributed by atoms with E-state index >= 15 is 0 Å². The zero-order valence-corrected chi connectivity index (χ0v) is 17.4. The number of halogens is 1. The van der Waals surface area contributed by atoms with Gasteiger partial charge in [0.05, 0.1) is 24.9 Å². The SMILES string of the molecule is COc1cc2c(Nc3ccc(C)cc3F)ncnc2cc1OCCCN1CCCC1. The molecular weight excluding hydrogens is 383 g/mol. The Kier molecular flexibility index (Phi) is 6.28. The number of ether oxygens (including phenoxy) is 2. The summed E-state index contributed by atoms with van der Waals surface area (Å²) in [5, 5.41) is 3.80. The van der Waals surface area contributed by atoms with E-state index in [1.54, 1.807) is 13.2 Å². The van der Waals surface area contributed by atoms with E-state index in [1.165, 1.54) is 38.3 Å². The van der Waals surface area contributed by atoms with Gasteiger partial charge >= 0.3 is 0 Å². The summed E-state index contributed by atoms with van der Waals surface area (Å²) in [6, 6.07) is 8.72. The number of benzene rings is 2. The molecule has 1 saturated heterocycles. The predicted octanol–water partition coefficient (Wildman–Crippen LogP) is 4.69. The number of fused-ring (bicyclic) bond motifs is 1. The first-order chi connectivity index (χ1) is 14.6. The summed E-state index contributed by atoms with van der Waals surface area (Å²) < 4.78 is 25.8. The molecule has 0 aliphatic carbocycles. The van der Waals surface area contributed by atoms with Gasteiger partial charge in [0.15, 0.2) is 11.5 Å². The number of rotatable bonds is 8. The highest BCUT2D eigenvalue weighted by Crippen LogP contribution is 2.35. The Balaban J connectivity index is 1.52. The Morgan fingerprint density at radius 2 is 1.93 bits per heavy atom. The summed E-state index contributed by atoms with van der Waals surface area (Å²) >= 11 is 0. The molecule has 3 aromatic rings. The van der Waals surface area contributed by atoms with E-state index in [0.717, 1.165) is 23.9 Å². The number of aromatic nitrogens is 2. The largest absolute Gasteiger partial charge is 0.493 e. The monoisotopic (exact) mass is 410 g/mol. The van der Waals surface area contributed by atoms with Crippen molar-refractivity contribution in [1.82, 2.24) is 14.9 Å². The molecule has 0 radical (unpaired) electrons. The Morgan fingerprint density at radius 3 is 2.70 bits per heavy atom. The number of anilines is 2. The second kappa shape index (κ2) is 9.26. The van der Waals surface area contributed by atoms with Crippen LogP contribution >= 0.6 is 0 Å². The van der Waals surface area contributed by atoms with Crippen LogP contribution in [0.4, 0.5) is 15.9 Å². The quantitative estimate of drug-likeness (QED) is 0.544. The van der Waals surface area contributed by atoms with Crippen molar-refractivity contribution in [2.75, 3.05) is 38.7 Å². The molecule has 1 aromatic heterocycles. The van der Waals surface area contributed by atoms with Crippen LogP contribution in [-0.4, -0.2) is 48.2 Å². The average Bonchev–Trinajstić information content (AvgIpc) is 3.26. The van der Waals surface area contributed by atoms with Gasteiger partial charge in [-0.25, -0.2) is 14.4 Å². The first-order valence-corrected chi connectivity index (χ1v) is 10.3. The van der Waals surface area contributed by atoms with Crippen molar-refractivity contribution in [2.45, 2.75) is 26.2 Å². The lowest BCUT2D eigenvalue weighted by atomic mass is 10.2. The third-order valence-corrected chi connectivity index (χ3v) is 5.37. The first kappa shape index (κ1) is 20.3. The highest BCUT2D eigenvalue weighted by atomic mass is 19.1. The minimum absolute atomic E-state index is 0.327. The fraction of sp³-hybridized carbons (Fsp3) is 0.391. The molecule has 4 rings (SSSR count). The van der Waals surface area contributed by atoms with Crippen LogP contribution in [0.3, 0.4) is 0 Å². The highest BCUT2D eigenvalue weighted by Gasteiger charge is 2.14. The van der Waals surface area contributed by atoms with E-state index in [0.29, 0.717) is 35.1 Å². The van der Waals surface area contributed by atoms with Gasteiger partial charge in [-0.2, -0.15) is 0 Å². The molecule has 1 fully saturated rings. The van der Waals surface area contributed by atoms with Crippen LogP contribution < -0.4 is 14.8 Å². The lowest BCUT2D eigenvalue weighted by Crippen LogP contribution is -2.21. The topological polar surface area (TPSA) is 59.5 Å². The molecule has 2 heterocycles. The van der Waals surface area contributed by atoms with Crippen LogP contribution in [0, 0.1) is 12.7 Å². The molecule has 0 atom stereocenters. The molecule has 6 nitrogen and oxygen atoms in total. The normalized spacial score (nSPS) is 14.2. The maximum absolute atomic E-state index is 14.3. The number of nitrogens with zero attached hydrogens (tertiary/aromatic N) is 3. The molecule has 0 bridgehead atoms. The van der Waals surface area contributed by atoms with Crippen LogP contribution in [0.5, 0.6) is 11.5 Å². The van der Waals surface area contributed by atoms with Crippen molar-refractivity contribution in [3.63, 3.8) is 0 Å². The molecule has 1 aliphatic heterocycles. The zero-order chi connectivity index (χ0) is 20.9. The first-order valence-electron chi connectivity index (χ1n) is 10.3. The van der Waals surface area contributed by atoms with Gasteiger partial charge in [0.25, 0.3) is 0 Å². The van der Waals surface area contributed by atoms with Gasteiger partial charge in [-0.3, -0.25) is 0 Å². The van der Waals surface area contributed by atoms with E-state index in [4.69, 9.17) is 9.47 Å². The Morgan fingerprint density at radius 1 is 1.10 bits per heavy atom. The van der Waals surface area contributed by atoms with Gasteiger partial charge in [-0.05, 0) is 63.0 Å². The second-order valence-corrected chi connectivity index (χ2v) is 7.60. The van der Waals surface area contributed by atoms with Crippen molar-refractivity contribution in [1.29, 1.82) is 0 Å². The highest BCUT2D eigenvalue weighted by molar-refractivity contribution is 5.93. The number of likely N-dealkylation sites (tertiary alicyclic amines) is 1. The predicted molar refractivity (Wildman–Crippen MR) is 116 cm³/mol. The summed E-state index contributed by atoms with van der Waals surface area (Å²) in [4.78, 5) is 11.1. The van der Waals surface area contributed by atoms with Gasteiger partial charge in [0.2, 0.25) is 0 Å². The number of hydrogen-bond donors (Lipinski definition) is 1. The van der Waals surface area contributed by atoms with Crippen LogP contribution in [0.25, 0.3) is 10.9 Å². The number of nitrogens with one attached hydrogen (secondary N) is 1. The summed E-state index contributed by atoms with van der Waals surface area (Å²) in [6.07, 6.45) is 5.01. The molecule has 7 heteroatoms. The fourth-order valence-electron chi connectivity index (χ4n) is 3.76. The van der Waals surface area contributed by atoms with Crippen molar-refractivity contribution < 1.29 is 13.9 Å². The van der Waals surface area contributed by atoms with Crippen LogP contribution in [-0.2, 0) is 0 Å². The van der Waals surface area contributed by atoms with Crippen molar-refractivity contribution in [3.05, 3.63) is 48.0 Å². The van der Waals surface area contributed by atoms with Crippen LogP contribution in [0.15, 0.2) is 36.7 Å². The van der Waals surface area contributed by atoms with E-state index < -0.39 is 0 Å². The van der Waals surface area contributed by atoms with Crippen LogP contribution in [0.1, 0.15) is 24.8 Å². The molecule has 30 heavy (non-hydrogen) atoms. The van der Waals surface area contributed by atoms with Crippen LogP contribution in [0.2, 0.25) is 0 Å². The maximum atomic E-state index is 14.3. The van der Waals surface area contributed by atoms with E-state index in [9.17, 15) is 4.39 Å². The Labute approximate surface area is 176 Å². The summed E-state index contributed by atoms with van der Waals surface area (Å²) in [7, 11) is 1.61. The van der Waals surface area contributed by atoms with E-state index in [1.807, 2.05) is 25.1 Å². The molecule has 1 aliphatic rings. The number of hydrogen-bond acceptors (Lipinski definition) is 6. The molecule has 0 amide bonds. The Hall–Kier alpha value is -2.93. The minimum atomic E-state index is -0.327. The summed E-state index contributed by atoms with van der Waals surface area (Å²) in [5.41, 5.74) is 1.93. The summed E-state index contributed by atoms with van der Waals surface area (Å²) in [5.74, 6) is 1.44. The van der Waals surface area contributed by atoms with Crippen molar-refractivity contribution in [2.24, 2.45) is 0 Å². The summed E-state index contributed by atoms with van der Waals surface area (Å²) in [6.45, 7) is 5.89. The molecule has 158 valence electrons. The molecule has 2 aromatic carbocycles. The van der Waals surface area contributed by atoms with Gasteiger partial charge in [-0.15, -0.1) is 0 Å². The van der Waals surface area contributed by atoms with E-state index in [-0.39, 0.29) is 5.82 Å². The van der Waals surface area contributed by atoms with E-state index in [2.05, 4.69) is 20.2 Å². The van der Waals surface area contributed by atoms with Gasteiger partial charge < -0.3 is 19.7 Å². The average molecular weight is 410 g/mol. The number of aryl methyl sites for hydroxylation is 1. The third kappa shape index (κ3) is 4.62. The Bertz CT molecular complexity index is 1020. The fourth-order valence-corrected chi connectivity index (χ4v) is 3.76. The molecule has 0 saturated carbocycles. The maximum Gasteiger partial charge on any atom is 0.163 e. The minimum Gasteiger partial charge on any atom is -0.493 e. The van der Waals surface area contributed by atoms with Gasteiger partial charge in [0.1, 0.15) is 18.0 Å². The zero-order valence-electron chi connectivity index (χ0n) is 17.4. The third-order valence-electron chi connectivity index (χ3n) is 5.37. The molecular formula is C23H27FN4O2. The lowest BCUT2D eigenvalue weighted by molar-refractivity contribution is 0.254. The van der Waals surface area contributed by atoms with Crippen molar-refractivity contribution >= 4 is 22.4 Å². The van der Waals surface area contributed by atoms with Gasteiger partial charge in [0, 0.05) is 18.0 Å². The molecule has 1 N–H and O–H groups in total. The second-order valence-electron chi connectivity index (χ2n) is 7.60. The van der Waals surface area contributed by atoms with Crippen molar-refractivity contribution in [3.8, 4) is 11.5 Å². The molecule has 0 unspecified atom stereocenters. The smallest absolute Gasteiger partial charge is 0.163 e. The lowest BCUT2D eigenvalue weighted by Gasteiger charge is -2.16. The standard InChI is InChI=1S/C23H27FN4O2/c1-16-6-7-19(18(24)12-16)27-23-17-13-21(29-2)22(14-20(17)25-15-26-23)30-11-5-10-28-8-3-4-9-28/h6-7,12-15H,3-5,8-11H2,1-2H3,(H,25,26,27).